The molecule has 0 unspecified atom stereocenters. The zero-order valence-electron chi connectivity index (χ0n) is 7.44. The Hall–Kier alpha value is -0.490. The first-order valence-corrected chi connectivity index (χ1v) is 3.97. The van der Waals surface area contributed by atoms with Crippen molar-refractivity contribution in [2.24, 2.45) is 0 Å². The quantitative estimate of drug-likeness (QED) is 0.533. The van der Waals surface area contributed by atoms with Crippen LogP contribution < -0.4 is 0 Å². The molecule has 1 heterocycles. The summed E-state index contributed by atoms with van der Waals surface area (Å²) < 4.78 is 17.8. The molecule has 0 bridgehead atoms. The van der Waals surface area contributed by atoms with Gasteiger partial charge in [0.25, 0.3) is 0 Å². The smallest absolute Gasteiger partial charge is 0.184 e. The molecule has 4 nitrogen and oxygen atoms in total. The minimum absolute atomic E-state index is 0.352. The van der Waals surface area contributed by atoms with Crippen molar-refractivity contribution in [1.29, 1.82) is 0 Å². The Bertz CT molecular complexity index is 224. The third-order valence-corrected chi connectivity index (χ3v) is 1.97. The topological polar surface area (TPSA) is 69.9 Å². The van der Waals surface area contributed by atoms with Crippen LogP contribution >= 0.6 is 0 Å². The van der Waals surface area contributed by atoms with Crippen LogP contribution in [-0.4, -0.2) is 39.9 Å². The Balaban J connectivity index is 2.80. The second kappa shape index (κ2) is 3.71. The zero-order valence-corrected chi connectivity index (χ0v) is 7.44. The molecule has 0 aliphatic carbocycles. The molecule has 1 fully saturated rings. The van der Waals surface area contributed by atoms with Gasteiger partial charge in [-0.05, 0) is 19.4 Å². The van der Waals surface area contributed by atoms with Crippen LogP contribution in [0, 0.1) is 0 Å². The third kappa shape index (κ3) is 1.88. The van der Waals surface area contributed by atoms with E-state index in [1.807, 2.05) is 0 Å². The van der Waals surface area contributed by atoms with Crippen LogP contribution in [0.15, 0.2) is 11.4 Å². The first kappa shape index (κ1) is 10.6. The molecule has 1 aliphatic rings. The van der Waals surface area contributed by atoms with E-state index in [1.54, 1.807) is 0 Å². The van der Waals surface area contributed by atoms with Crippen LogP contribution in [0.3, 0.4) is 0 Å². The SMILES string of the molecule is CC(C)=C(F)[C@H]1O[C@@H](O)[C@H](O)[C@@H]1O. The average Bonchev–Trinajstić information content (AvgIpc) is 2.31. The summed E-state index contributed by atoms with van der Waals surface area (Å²) in [4.78, 5) is 0. The van der Waals surface area contributed by atoms with E-state index in [0.717, 1.165) is 0 Å². The molecular weight excluding hydrogens is 179 g/mol. The number of aliphatic hydroxyl groups excluding tert-OH is 3. The summed E-state index contributed by atoms with van der Waals surface area (Å²) in [5, 5.41) is 27.2. The monoisotopic (exact) mass is 192 g/mol. The number of hydrogen-bond acceptors (Lipinski definition) is 4. The van der Waals surface area contributed by atoms with E-state index in [2.05, 4.69) is 4.74 Å². The lowest BCUT2D eigenvalue weighted by Crippen LogP contribution is -2.32. The largest absolute Gasteiger partial charge is 0.387 e. The first-order valence-electron chi connectivity index (χ1n) is 3.97. The van der Waals surface area contributed by atoms with Gasteiger partial charge >= 0.3 is 0 Å². The van der Waals surface area contributed by atoms with Gasteiger partial charge in [-0.25, -0.2) is 4.39 Å². The number of hydrogen-bond donors (Lipinski definition) is 3. The molecule has 76 valence electrons. The molecule has 1 saturated heterocycles. The van der Waals surface area contributed by atoms with Gasteiger partial charge in [0, 0.05) is 0 Å². The lowest BCUT2D eigenvalue weighted by atomic mass is 10.1. The maximum Gasteiger partial charge on any atom is 0.184 e. The first-order chi connectivity index (χ1) is 5.95. The van der Waals surface area contributed by atoms with Gasteiger partial charge in [-0.15, -0.1) is 0 Å². The van der Waals surface area contributed by atoms with Gasteiger partial charge < -0.3 is 20.1 Å². The van der Waals surface area contributed by atoms with Crippen molar-refractivity contribution < 1.29 is 24.4 Å². The molecule has 3 N–H and O–H groups in total. The van der Waals surface area contributed by atoms with Crippen LogP contribution in [0.2, 0.25) is 0 Å². The van der Waals surface area contributed by atoms with E-state index >= 15 is 0 Å². The Labute approximate surface area is 75.3 Å². The number of halogens is 1. The summed E-state index contributed by atoms with van der Waals surface area (Å²) in [7, 11) is 0. The Morgan fingerprint density at radius 2 is 1.69 bits per heavy atom. The van der Waals surface area contributed by atoms with Crippen LogP contribution in [-0.2, 0) is 4.74 Å². The molecule has 0 amide bonds. The predicted molar refractivity (Wildman–Crippen MR) is 42.4 cm³/mol. The third-order valence-electron chi connectivity index (χ3n) is 1.97. The summed E-state index contributed by atoms with van der Waals surface area (Å²) in [6, 6.07) is 0. The molecule has 0 aromatic carbocycles. The molecule has 0 radical (unpaired) electrons. The summed E-state index contributed by atoms with van der Waals surface area (Å²) >= 11 is 0. The summed E-state index contributed by atoms with van der Waals surface area (Å²) in [5.74, 6) is -0.650. The molecule has 1 rings (SSSR count). The normalized spacial score (nSPS) is 39.2. The van der Waals surface area contributed by atoms with Gasteiger partial charge in [-0.2, -0.15) is 0 Å². The van der Waals surface area contributed by atoms with Crippen LogP contribution in [0.5, 0.6) is 0 Å². The van der Waals surface area contributed by atoms with E-state index in [1.165, 1.54) is 13.8 Å². The maximum atomic E-state index is 13.2. The number of aliphatic hydroxyl groups is 3. The van der Waals surface area contributed by atoms with Gasteiger partial charge in [-0.1, -0.05) is 0 Å². The number of ether oxygens (including phenoxy) is 1. The highest BCUT2D eigenvalue weighted by atomic mass is 19.1. The highest BCUT2D eigenvalue weighted by Crippen LogP contribution is 2.27. The van der Waals surface area contributed by atoms with Crippen molar-refractivity contribution in [3.63, 3.8) is 0 Å². The summed E-state index contributed by atoms with van der Waals surface area (Å²) in [6.45, 7) is 3.03. The Kier molecular flexibility index (Phi) is 3.02. The van der Waals surface area contributed by atoms with Crippen LogP contribution in [0.4, 0.5) is 4.39 Å². The van der Waals surface area contributed by atoms with Crippen molar-refractivity contribution >= 4 is 0 Å². The molecule has 0 saturated carbocycles. The van der Waals surface area contributed by atoms with Crippen LogP contribution in [0.25, 0.3) is 0 Å². The second-order valence-corrected chi connectivity index (χ2v) is 3.28. The predicted octanol–water partition coefficient (Wildman–Crippen LogP) is -0.311. The van der Waals surface area contributed by atoms with Gasteiger partial charge in [0.1, 0.15) is 24.1 Å². The Morgan fingerprint density at radius 1 is 1.15 bits per heavy atom. The van der Waals surface area contributed by atoms with E-state index in [9.17, 15) is 9.50 Å². The highest BCUT2D eigenvalue weighted by Gasteiger charge is 2.44. The van der Waals surface area contributed by atoms with Gasteiger partial charge in [0.2, 0.25) is 0 Å². The number of rotatable bonds is 1. The fourth-order valence-electron chi connectivity index (χ4n) is 1.15. The van der Waals surface area contributed by atoms with E-state index < -0.39 is 30.4 Å². The minimum atomic E-state index is -1.52. The molecule has 13 heavy (non-hydrogen) atoms. The van der Waals surface area contributed by atoms with Gasteiger partial charge in [0.15, 0.2) is 6.29 Å². The zero-order chi connectivity index (χ0) is 10.2. The number of allylic oxidation sites excluding steroid dienone is 1. The highest BCUT2D eigenvalue weighted by molar-refractivity contribution is 5.12. The van der Waals surface area contributed by atoms with E-state index in [-0.39, 0.29) is 0 Å². The van der Waals surface area contributed by atoms with E-state index in [0.29, 0.717) is 5.57 Å². The van der Waals surface area contributed by atoms with Gasteiger partial charge in [0.05, 0.1) is 0 Å². The Morgan fingerprint density at radius 3 is 2.00 bits per heavy atom. The molecular formula is C8H13FO4. The molecule has 0 aromatic heterocycles. The second-order valence-electron chi connectivity index (χ2n) is 3.28. The van der Waals surface area contributed by atoms with E-state index in [4.69, 9.17) is 10.2 Å². The lowest BCUT2D eigenvalue weighted by molar-refractivity contribution is -0.124. The summed E-state index contributed by atoms with van der Waals surface area (Å²) in [6.07, 6.45) is -5.64. The minimum Gasteiger partial charge on any atom is -0.387 e. The van der Waals surface area contributed by atoms with Crippen molar-refractivity contribution in [1.82, 2.24) is 0 Å². The fraction of sp³-hybridized carbons (Fsp3) is 0.750. The lowest BCUT2D eigenvalue weighted by Gasteiger charge is -2.12. The molecule has 4 atom stereocenters. The van der Waals surface area contributed by atoms with Crippen LogP contribution in [0.1, 0.15) is 13.8 Å². The van der Waals surface area contributed by atoms with Crippen molar-refractivity contribution in [3.05, 3.63) is 11.4 Å². The van der Waals surface area contributed by atoms with Gasteiger partial charge in [-0.3, -0.25) is 0 Å². The molecule has 1 aliphatic heterocycles. The maximum absolute atomic E-state index is 13.2. The van der Waals surface area contributed by atoms with Crippen molar-refractivity contribution in [2.45, 2.75) is 38.4 Å². The summed E-state index contributed by atoms with van der Waals surface area (Å²) in [5.41, 5.74) is 0.352. The molecule has 0 aromatic rings. The average molecular weight is 192 g/mol. The molecule has 5 heteroatoms. The van der Waals surface area contributed by atoms with Crippen molar-refractivity contribution in [3.8, 4) is 0 Å². The van der Waals surface area contributed by atoms with Crippen molar-refractivity contribution in [2.75, 3.05) is 0 Å². The fourth-order valence-corrected chi connectivity index (χ4v) is 1.15. The standard InChI is InChI=1S/C8H13FO4/c1-3(2)4(9)7-5(10)6(11)8(12)13-7/h5-8,10-12H,1-2H3/t5-,6+,7+,8+/m0/s1. The molecule has 0 spiro atoms.